The summed E-state index contributed by atoms with van der Waals surface area (Å²) in [5.74, 6) is -0.127. The second kappa shape index (κ2) is 9.02. The number of nitrogens with zero attached hydrogens (tertiary/aromatic N) is 1. The van der Waals surface area contributed by atoms with Crippen molar-refractivity contribution >= 4 is 23.4 Å². The smallest absolute Gasteiger partial charge is 0.258 e. The van der Waals surface area contributed by atoms with Crippen LogP contribution in [0.2, 0.25) is 0 Å². The Bertz CT molecular complexity index is 1320. The van der Waals surface area contributed by atoms with Crippen molar-refractivity contribution in [3.63, 3.8) is 0 Å². The molecular formula is C26H19N3O3. The van der Waals surface area contributed by atoms with E-state index >= 15 is 0 Å². The third-order valence-electron chi connectivity index (χ3n) is 4.79. The molecule has 0 saturated heterocycles. The monoisotopic (exact) mass is 421 g/mol. The quantitative estimate of drug-likeness (QED) is 0.432. The summed E-state index contributed by atoms with van der Waals surface area (Å²) in [6.45, 7) is 1.39. The Hall–Kier alpha value is -4.63. The molecule has 4 rings (SSSR count). The Morgan fingerprint density at radius 2 is 1.50 bits per heavy atom. The summed E-state index contributed by atoms with van der Waals surface area (Å²) in [4.78, 5) is 24.2. The highest BCUT2D eigenvalue weighted by molar-refractivity contribution is 6.06. The Balaban J connectivity index is 1.77. The number of benzene rings is 3. The SMILES string of the molecule is CC(=O)Nc1cccc(C(=O)Nc2oc(-c3ccccc3)c(-c3ccccc3)c2C#N)c1. The highest BCUT2D eigenvalue weighted by Crippen LogP contribution is 2.41. The summed E-state index contributed by atoms with van der Waals surface area (Å²) >= 11 is 0. The summed E-state index contributed by atoms with van der Waals surface area (Å²) in [7, 11) is 0. The van der Waals surface area contributed by atoms with Crippen LogP contribution in [0.4, 0.5) is 11.6 Å². The minimum atomic E-state index is -0.457. The van der Waals surface area contributed by atoms with Gasteiger partial charge in [0.15, 0.2) is 0 Å². The van der Waals surface area contributed by atoms with E-state index in [1.165, 1.54) is 6.92 Å². The Morgan fingerprint density at radius 1 is 0.844 bits per heavy atom. The number of carbonyl (C=O) groups is 2. The van der Waals surface area contributed by atoms with Gasteiger partial charge < -0.3 is 9.73 Å². The number of carbonyl (C=O) groups excluding carboxylic acids is 2. The molecule has 4 aromatic rings. The van der Waals surface area contributed by atoms with Gasteiger partial charge >= 0.3 is 0 Å². The Morgan fingerprint density at radius 3 is 2.12 bits per heavy atom. The number of hydrogen-bond donors (Lipinski definition) is 2. The van der Waals surface area contributed by atoms with Gasteiger partial charge in [0.1, 0.15) is 17.4 Å². The molecule has 6 nitrogen and oxygen atoms in total. The minimum Gasteiger partial charge on any atom is -0.438 e. The first-order valence-corrected chi connectivity index (χ1v) is 9.93. The van der Waals surface area contributed by atoms with E-state index in [9.17, 15) is 14.9 Å². The topological polar surface area (TPSA) is 95.1 Å². The van der Waals surface area contributed by atoms with E-state index in [1.54, 1.807) is 24.3 Å². The predicted molar refractivity (Wildman–Crippen MR) is 123 cm³/mol. The minimum absolute atomic E-state index is 0.0696. The normalized spacial score (nSPS) is 10.2. The maximum Gasteiger partial charge on any atom is 0.258 e. The summed E-state index contributed by atoms with van der Waals surface area (Å²) < 4.78 is 6.04. The van der Waals surface area contributed by atoms with Crippen molar-refractivity contribution in [1.29, 1.82) is 5.26 Å². The lowest BCUT2D eigenvalue weighted by molar-refractivity contribution is -0.114. The van der Waals surface area contributed by atoms with Gasteiger partial charge in [0.25, 0.3) is 5.91 Å². The summed E-state index contributed by atoms with van der Waals surface area (Å²) in [5.41, 5.74) is 3.26. The van der Waals surface area contributed by atoms with E-state index in [-0.39, 0.29) is 17.4 Å². The second-order valence-corrected chi connectivity index (χ2v) is 7.07. The molecule has 0 radical (unpaired) electrons. The van der Waals surface area contributed by atoms with Crippen molar-refractivity contribution < 1.29 is 14.0 Å². The van der Waals surface area contributed by atoms with Gasteiger partial charge in [-0.15, -0.1) is 0 Å². The van der Waals surface area contributed by atoms with Gasteiger partial charge in [-0.25, -0.2) is 0 Å². The van der Waals surface area contributed by atoms with Crippen LogP contribution in [-0.4, -0.2) is 11.8 Å². The largest absolute Gasteiger partial charge is 0.438 e. The van der Waals surface area contributed by atoms with Crippen LogP contribution in [-0.2, 0) is 4.79 Å². The zero-order valence-corrected chi connectivity index (χ0v) is 17.3. The fourth-order valence-corrected chi connectivity index (χ4v) is 3.42. The van der Waals surface area contributed by atoms with Crippen LogP contribution in [0.3, 0.4) is 0 Å². The molecule has 0 aliphatic carbocycles. The van der Waals surface area contributed by atoms with Gasteiger partial charge in [0.05, 0.1) is 0 Å². The first-order chi connectivity index (χ1) is 15.6. The molecule has 0 saturated carbocycles. The summed E-state index contributed by atoms with van der Waals surface area (Å²) in [6.07, 6.45) is 0. The van der Waals surface area contributed by atoms with Crippen molar-refractivity contribution in [2.75, 3.05) is 10.6 Å². The van der Waals surface area contributed by atoms with E-state index in [4.69, 9.17) is 4.42 Å². The van der Waals surface area contributed by atoms with Crippen LogP contribution in [0.5, 0.6) is 0 Å². The lowest BCUT2D eigenvalue weighted by Gasteiger charge is -2.06. The number of hydrogen-bond acceptors (Lipinski definition) is 4. The first-order valence-electron chi connectivity index (χ1n) is 9.93. The second-order valence-electron chi connectivity index (χ2n) is 7.07. The first kappa shape index (κ1) is 20.6. The molecule has 0 bridgehead atoms. The fraction of sp³-hybridized carbons (Fsp3) is 0.0385. The number of nitriles is 1. The fourth-order valence-electron chi connectivity index (χ4n) is 3.42. The van der Waals surface area contributed by atoms with E-state index in [0.29, 0.717) is 22.6 Å². The molecule has 156 valence electrons. The third-order valence-corrected chi connectivity index (χ3v) is 4.79. The molecule has 1 heterocycles. The molecule has 1 aromatic heterocycles. The maximum absolute atomic E-state index is 12.9. The average molecular weight is 421 g/mol. The average Bonchev–Trinajstić information content (AvgIpc) is 3.18. The molecule has 0 spiro atoms. The van der Waals surface area contributed by atoms with Gasteiger partial charge in [0.2, 0.25) is 11.8 Å². The zero-order valence-electron chi connectivity index (χ0n) is 17.3. The van der Waals surface area contributed by atoms with Gasteiger partial charge in [-0.2, -0.15) is 5.26 Å². The van der Waals surface area contributed by atoms with Crippen LogP contribution in [0, 0.1) is 11.3 Å². The molecular weight excluding hydrogens is 402 g/mol. The summed E-state index contributed by atoms with van der Waals surface area (Å²) in [5, 5.41) is 15.3. The molecule has 2 N–H and O–H groups in total. The number of furan rings is 1. The molecule has 2 amide bonds. The summed E-state index contributed by atoms with van der Waals surface area (Å²) in [6, 6.07) is 27.6. The van der Waals surface area contributed by atoms with Crippen LogP contribution < -0.4 is 10.6 Å². The van der Waals surface area contributed by atoms with Gasteiger partial charge in [0, 0.05) is 29.3 Å². The van der Waals surface area contributed by atoms with Crippen molar-refractivity contribution in [3.05, 3.63) is 96.1 Å². The van der Waals surface area contributed by atoms with E-state index in [0.717, 1.165) is 11.1 Å². The lowest BCUT2D eigenvalue weighted by atomic mass is 9.98. The van der Waals surface area contributed by atoms with Crippen molar-refractivity contribution in [1.82, 2.24) is 0 Å². The zero-order chi connectivity index (χ0) is 22.5. The molecule has 3 aromatic carbocycles. The molecule has 6 heteroatoms. The van der Waals surface area contributed by atoms with Gasteiger partial charge in [-0.1, -0.05) is 66.7 Å². The maximum atomic E-state index is 12.9. The standard InChI is InChI=1S/C26H19N3O3/c1-17(30)28-21-14-8-13-20(15-21)25(31)29-26-22(16-27)23(18-9-4-2-5-10-18)24(32-26)19-11-6-3-7-12-19/h2-15H,1H3,(H,28,30)(H,29,31). The van der Waals surface area contributed by atoms with E-state index < -0.39 is 5.91 Å². The predicted octanol–water partition coefficient (Wildman–Crippen LogP) is 5.70. The van der Waals surface area contributed by atoms with Gasteiger partial charge in [-0.3, -0.25) is 14.9 Å². The number of rotatable bonds is 5. The van der Waals surface area contributed by atoms with Crippen LogP contribution in [0.25, 0.3) is 22.5 Å². The number of amides is 2. The molecule has 0 fully saturated rings. The van der Waals surface area contributed by atoms with Gasteiger partial charge in [-0.05, 0) is 23.8 Å². The highest BCUT2D eigenvalue weighted by atomic mass is 16.4. The molecule has 0 aliphatic heterocycles. The lowest BCUT2D eigenvalue weighted by Crippen LogP contribution is -2.13. The molecule has 0 aliphatic rings. The number of anilines is 2. The van der Waals surface area contributed by atoms with E-state index in [1.807, 2.05) is 60.7 Å². The highest BCUT2D eigenvalue weighted by Gasteiger charge is 2.24. The molecule has 0 unspecified atom stereocenters. The molecule has 0 atom stereocenters. The van der Waals surface area contributed by atoms with E-state index in [2.05, 4.69) is 16.7 Å². The van der Waals surface area contributed by atoms with Crippen molar-refractivity contribution in [3.8, 4) is 28.5 Å². The van der Waals surface area contributed by atoms with Crippen molar-refractivity contribution in [2.45, 2.75) is 6.92 Å². The Kier molecular flexibility index (Phi) is 5.82. The van der Waals surface area contributed by atoms with Crippen LogP contribution >= 0.6 is 0 Å². The third kappa shape index (κ3) is 4.27. The molecule has 32 heavy (non-hydrogen) atoms. The van der Waals surface area contributed by atoms with Crippen LogP contribution in [0.15, 0.2) is 89.3 Å². The Labute approximate surface area is 185 Å². The van der Waals surface area contributed by atoms with Crippen molar-refractivity contribution in [2.24, 2.45) is 0 Å². The van der Waals surface area contributed by atoms with Crippen LogP contribution in [0.1, 0.15) is 22.8 Å². The number of nitrogens with one attached hydrogen (secondary N) is 2.